The second kappa shape index (κ2) is 8.70. The zero-order valence-corrected chi connectivity index (χ0v) is 17.2. The van der Waals surface area contributed by atoms with Gasteiger partial charge in [-0.15, -0.1) is 11.3 Å². The van der Waals surface area contributed by atoms with Crippen LogP contribution in [0.3, 0.4) is 0 Å². The molecule has 0 atom stereocenters. The van der Waals surface area contributed by atoms with Gasteiger partial charge in [0.1, 0.15) is 5.00 Å². The number of hydrogen-bond acceptors (Lipinski definition) is 3. The summed E-state index contributed by atoms with van der Waals surface area (Å²) in [5.41, 5.74) is 4.57. The van der Waals surface area contributed by atoms with Crippen LogP contribution in [0.4, 0.5) is 5.00 Å². The summed E-state index contributed by atoms with van der Waals surface area (Å²) in [5, 5.41) is 6.75. The maximum atomic E-state index is 12.8. The zero-order valence-electron chi connectivity index (χ0n) is 16.4. The highest BCUT2D eigenvalue weighted by Gasteiger charge is 2.26. The Bertz CT molecular complexity index is 834. The third kappa shape index (κ3) is 4.59. The van der Waals surface area contributed by atoms with Crippen molar-refractivity contribution in [2.75, 3.05) is 11.9 Å². The average Bonchev–Trinajstić information content (AvgIpc) is 2.98. The molecule has 1 aliphatic rings. The molecule has 0 radical (unpaired) electrons. The van der Waals surface area contributed by atoms with Gasteiger partial charge in [-0.2, -0.15) is 0 Å². The summed E-state index contributed by atoms with van der Waals surface area (Å²) in [4.78, 5) is 26.9. The minimum atomic E-state index is -0.150. The number of unbranched alkanes of at least 4 members (excludes halogenated alkanes) is 1. The van der Waals surface area contributed by atoms with E-state index < -0.39 is 0 Å². The maximum Gasteiger partial charge on any atom is 0.256 e. The topological polar surface area (TPSA) is 58.2 Å². The molecule has 0 unspecified atom stereocenters. The third-order valence-corrected chi connectivity index (χ3v) is 6.13. The number of carbonyl (C=O) groups is 2. The second-order valence-corrected chi connectivity index (χ2v) is 8.46. The molecule has 1 aromatic carbocycles. The molecular weight excluding hydrogens is 356 g/mol. The number of thiophene rings is 1. The van der Waals surface area contributed by atoms with Gasteiger partial charge in [-0.25, -0.2) is 0 Å². The highest BCUT2D eigenvalue weighted by atomic mass is 32.1. The molecule has 4 nitrogen and oxygen atoms in total. The normalized spacial score (nSPS) is 13.1. The van der Waals surface area contributed by atoms with E-state index in [4.69, 9.17) is 0 Å². The van der Waals surface area contributed by atoms with Crippen LogP contribution in [0.1, 0.15) is 74.9 Å². The molecule has 27 heavy (non-hydrogen) atoms. The van der Waals surface area contributed by atoms with Crippen molar-refractivity contribution in [2.24, 2.45) is 0 Å². The van der Waals surface area contributed by atoms with Gasteiger partial charge in [-0.1, -0.05) is 30.5 Å². The molecule has 5 heteroatoms. The van der Waals surface area contributed by atoms with Gasteiger partial charge in [0.15, 0.2) is 0 Å². The third-order valence-electron chi connectivity index (χ3n) is 4.93. The van der Waals surface area contributed by atoms with E-state index in [1.807, 2.05) is 32.0 Å². The van der Waals surface area contributed by atoms with Gasteiger partial charge in [0.2, 0.25) is 0 Å². The molecule has 1 aromatic heterocycles. The van der Waals surface area contributed by atoms with Crippen molar-refractivity contribution in [1.82, 2.24) is 5.32 Å². The van der Waals surface area contributed by atoms with E-state index in [1.54, 1.807) is 11.3 Å². The summed E-state index contributed by atoms with van der Waals surface area (Å²) < 4.78 is 0. The number of anilines is 1. The summed E-state index contributed by atoms with van der Waals surface area (Å²) >= 11 is 1.57. The van der Waals surface area contributed by atoms with E-state index in [9.17, 15) is 9.59 Å². The molecule has 1 heterocycles. The zero-order chi connectivity index (χ0) is 19.4. The smallest absolute Gasteiger partial charge is 0.256 e. The van der Waals surface area contributed by atoms with Gasteiger partial charge in [-0.3, -0.25) is 9.59 Å². The van der Waals surface area contributed by atoms with Crippen molar-refractivity contribution in [2.45, 2.75) is 59.3 Å². The van der Waals surface area contributed by atoms with Crippen molar-refractivity contribution >= 4 is 28.2 Å². The number of fused-ring (bicyclic) bond motifs is 1. The molecule has 0 aliphatic heterocycles. The summed E-state index contributed by atoms with van der Waals surface area (Å²) in [7, 11) is 0. The van der Waals surface area contributed by atoms with E-state index >= 15 is 0 Å². The predicted octanol–water partition coefficient (Wildman–Crippen LogP) is 5.03. The first kappa shape index (κ1) is 19.6. The maximum absolute atomic E-state index is 12.8. The molecule has 1 aliphatic carbocycles. The minimum absolute atomic E-state index is 0.0569. The predicted molar refractivity (Wildman–Crippen MR) is 112 cm³/mol. The van der Waals surface area contributed by atoms with Crippen LogP contribution in [-0.4, -0.2) is 18.4 Å². The number of rotatable bonds is 6. The number of benzene rings is 1. The van der Waals surface area contributed by atoms with Crippen molar-refractivity contribution in [3.63, 3.8) is 0 Å². The Balaban J connectivity index is 1.88. The summed E-state index contributed by atoms with van der Waals surface area (Å²) in [6, 6.07) is 5.82. The Labute approximate surface area is 165 Å². The summed E-state index contributed by atoms with van der Waals surface area (Å²) in [6.07, 6.45) is 6.16. The van der Waals surface area contributed by atoms with Crippen LogP contribution in [-0.2, 0) is 12.8 Å². The Morgan fingerprint density at radius 3 is 2.44 bits per heavy atom. The highest BCUT2D eigenvalue weighted by molar-refractivity contribution is 7.17. The van der Waals surface area contributed by atoms with Gasteiger partial charge < -0.3 is 10.6 Å². The molecule has 2 aromatic rings. The van der Waals surface area contributed by atoms with Crippen LogP contribution in [0.2, 0.25) is 0 Å². The Kier molecular flexibility index (Phi) is 6.32. The van der Waals surface area contributed by atoms with Gasteiger partial charge in [0.05, 0.1) is 5.56 Å². The average molecular weight is 385 g/mol. The van der Waals surface area contributed by atoms with E-state index in [1.165, 1.54) is 4.88 Å². The molecule has 144 valence electrons. The van der Waals surface area contributed by atoms with Gasteiger partial charge >= 0.3 is 0 Å². The van der Waals surface area contributed by atoms with Crippen molar-refractivity contribution in [3.8, 4) is 0 Å². The van der Waals surface area contributed by atoms with E-state index in [0.29, 0.717) is 22.7 Å². The SMILES string of the molecule is CCCCNC(=O)c1c(NC(=O)c2cc(C)cc(C)c2)sc2c1CCCC2. The fraction of sp³-hybridized carbons (Fsp3) is 0.455. The van der Waals surface area contributed by atoms with Crippen LogP contribution in [0.5, 0.6) is 0 Å². The van der Waals surface area contributed by atoms with E-state index in [-0.39, 0.29) is 11.8 Å². The van der Waals surface area contributed by atoms with E-state index in [2.05, 4.69) is 17.6 Å². The molecular formula is C22H28N2O2S. The number of hydrogen-bond donors (Lipinski definition) is 2. The van der Waals surface area contributed by atoms with Gasteiger partial charge in [0, 0.05) is 17.0 Å². The number of nitrogens with one attached hydrogen (secondary N) is 2. The fourth-order valence-corrected chi connectivity index (χ4v) is 4.92. The first-order valence-corrected chi connectivity index (χ1v) is 10.6. The molecule has 2 N–H and O–H groups in total. The Morgan fingerprint density at radius 1 is 1.04 bits per heavy atom. The van der Waals surface area contributed by atoms with Crippen LogP contribution >= 0.6 is 11.3 Å². The van der Waals surface area contributed by atoms with Crippen LogP contribution in [0.25, 0.3) is 0 Å². The lowest BCUT2D eigenvalue weighted by molar-refractivity contribution is 0.0953. The van der Waals surface area contributed by atoms with Crippen LogP contribution < -0.4 is 10.6 Å². The van der Waals surface area contributed by atoms with Crippen LogP contribution in [0.15, 0.2) is 18.2 Å². The van der Waals surface area contributed by atoms with Gasteiger partial charge in [-0.05, 0) is 63.6 Å². The largest absolute Gasteiger partial charge is 0.352 e. The lowest BCUT2D eigenvalue weighted by atomic mass is 9.95. The molecule has 0 fully saturated rings. The highest BCUT2D eigenvalue weighted by Crippen LogP contribution is 2.38. The first-order valence-electron chi connectivity index (χ1n) is 9.82. The summed E-state index contributed by atoms with van der Waals surface area (Å²) in [5.74, 6) is -0.207. The van der Waals surface area contributed by atoms with Crippen molar-refractivity contribution in [3.05, 3.63) is 50.9 Å². The Hall–Kier alpha value is -2.14. The van der Waals surface area contributed by atoms with Crippen molar-refractivity contribution < 1.29 is 9.59 Å². The lowest BCUT2D eigenvalue weighted by Crippen LogP contribution is -2.26. The lowest BCUT2D eigenvalue weighted by Gasteiger charge is -2.13. The number of carbonyl (C=O) groups excluding carboxylic acids is 2. The fourth-order valence-electron chi connectivity index (χ4n) is 3.64. The number of amides is 2. The second-order valence-electron chi connectivity index (χ2n) is 7.35. The van der Waals surface area contributed by atoms with Gasteiger partial charge in [0.25, 0.3) is 11.8 Å². The first-order chi connectivity index (χ1) is 13.0. The Morgan fingerprint density at radius 2 is 1.74 bits per heavy atom. The quantitative estimate of drug-likeness (QED) is 0.687. The van der Waals surface area contributed by atoms with Crippen LogP contribution in [0, 0.1) is 13.8 Å². The molecule has 3 rings (SSSR count). The molecule has 0 saturated heterocycles. The van der Waals surface area contributed by atoms with Crippen molar-refractivity contribution in [1.29, 1.82) is 0 Å². The standard InChI is InChI=1S/C22H28N2O2S/c1-4-5-10-23-21(26)19-17-8-6-7-9-18(17)27-22(19)24-20(25)16-12-14(2)11-15(3)13-16/h11-13H,4-10H2,1-3H3,(H,23,26)(H,24,25). The minimum Gasteiger partial charge on any atom is -0.352 e. The molecule has 0 spiro atoms. The summed E-state index contributed by atoms with van der Waals surface area (Å²) in [6.45, 7) is 6.75. The monoisotopic (exact) mass is 384 g/mol. The van der Waals surface area contributed by atoms with E-state index in [0.717, 1.165) is 55.2 Å². The molecule has 2 amide bonds. The molecule has 0 bridgehead atoms. The number of aryl methyl sites for hydroxylation is 3. The molecule has 0 saturated carbocycles.